The summed E-state index contributed by atoms with van der Waals surface area (Å²) in [7, 11) is 1.87. The fourth-order valence-corrected chi connectivity index (χ4v) is 1.83. The van der Waals surface area contributed by atoms with Crippen molar-refractivity contribution in [2.24, 2.45) is 0 Å². The van der Waals surface area contributed by atoms with Crippen LogP contribution in [0.2, 0.25) is 0 Å². The Hall–Kier alpha value is -0.860. The van der Waals surface area contributed by atoms with Crippen LogP contribution in [0.25, 0.3) is 0 Å². The Morgan fingerprint density at radius 3 is 2.36 bits per heavy atom. The van der Waals surface area contributed by atoms with Crippen molar-refractivity contribution in [2.45, 2.75) is 32.9 Å². The van der Waals surface area contributed by atoms with Gasteiger partial charge >= 0.3 is 0 Å². The first-order valence-electron chi connectivity index (χ1n) is 4.98. The van der Waals surface area contributed by atoms with Crippen molar-refractivity contribution < 1.29 is 5.11 Å². The topological polar surface area (TPSA) is 32.3 Å². The average molecular weight is 193 g/mol. The van der Waals surface area contributed by atoms with Crippen LogP contribution >= 0.6 is 0 Å². The van der Waals surface area contributed by atoms with E-state index in [0.29, 0.717) is 0 Å². The molecule has 78 valence electrons. The second-order valence-electron chi connectivity index (χ2n) is 3.87. The third kappa shape index (κ3) is 2.34. The molecule has 0 aliphatic rings. The summed E-state index contributed by atoms with van der Waals surface area (Å²) in [5.74, 6) is 0. The van der Waals surface area contributed by atoms with Crippen molar-refractivity contribution in [3.05, 3.63) is 34.9 Å². The quantitative estimate of drug-likeness (QED) is 0.769. The summed E-state index contributed by atoms with van der Waals surface area (Å²) in [6.07, 6.45) is -0.374. The Labute approximate surface area is 86.0 Å². The van der Waals surface area contributed by atoms with Crippen molar-refractivity contribution in [2.75, 3.05) is 7.05 Å². The van der Waals surface area contributed by atoms with Gasteiger partial charge in [0.25, 0.3) is 0 Å². The molecule has 0 aromatic heterocycles. The average Bonchev–Trinajstić information content (AvgIpc) is 2.09. The standard InChI is InChI=1S/C12H19NO/c1-8-5-6-11(9(2)7-8)12(13-4)10(3)14/h5-7,10,12-14H,1-4H3. The van der Waals surface area contributed by atoms with Crippen LogP contribution in [0.15, 0.2) is 18.2 Å². The number of hydrogen-bond acceptors (Lipinski definition) is 2. The van der Waals surface area contributed by atoms with Crippen LogP contribution in [0.3, 0.4) is 0 Å². The minimum absolute atomic E-state index is 0.0237. The third-order valence-electron chi connectivity index (χ3n) is 2.55. The largest absolute Gasteiger partial charge is 0.391 e. The normalized spacial score (nSPS) is 15.2. The first-order chi connectivity index (χ1) is 6.56. The minimum Gasteiger partial charge on any atom is -0.391 e. The van der Waals surface area contributed by atoms with Gasteiger partial charge in [0.05, 0.1) is 12.1 Å². The van der Waals surface area contributed by atoms with E-state index >= 15 is 0 Å². The zero-order valence-electron chi connectivity index (χ0n) is 9.33. The summed E-state index contributed by atoms with van der Waals surface area (Å²) in [4.78, 5) is 0. The molecular formula is C12H19NO. The number of likely N-dealkylation sites (N-methyl/N-ethyl adjacent to an activating group) is 1. The number of rotatable bonds is 3. The lowest BCUT2D eigenvalue weighted by molar-refractivity contribution is 0.149. The van der Waals surface area contributed by atoms with E-state index < -0.39 is 0 Å². The highest BCUT2D eigenvalue weighted by Gasteiger charge is 2.16. The van der Waals surface area contributed by atoms with Crippen LogP contribution in [0.1, 0.15) is 29.7 Å². The van der Waals surface area contributed by atoms with Crippen molar-refractivity contribution in [1.29, 1.82) is 0 Å². The smallest absolute Gasteiger partial charge is 0.0706 e. The van der Waals surface area contributed by atoms with Crippen LogP contribution in [-0.4, -0.2) is 18.3 Å². The second-order valence-corrected chi connectivity index (χ2v) is 3.87. The highest BCUT2D eigenvalue weighted by Crippen LogP contribution is 2.21. The van der Waals surface area contributed by atoms with Crippen molar-refractivity contribution in [3.63, 3.8) is 0 Å². The highest BCUT2D eigenvalue weighted by molar-refractivity contribution is 5.33. The molecule has 0 heterocycles. The maximum absolute atomic E-state index is 9.60. The van der Waals surface area contributed by atoms with E-state index in [-0.39, 0.29) is 12.1 Å². The van der Waals surface area contributed by atoms with Gasteiger partial charge in [0, 0.05) is 0 Å². The number of benzene rings is 1. The SMILES string of the molecule is CNC(c1ccc(C)cc1C)C(C)O. The number of aliphatic hydroxyl groups is 1. The van der Waals surface area contributed by atoms with Crippen molar-refractivity contribution >= 4 is 0 Å². The molecule has 0 radical (unpaired) electrons. The fraction of sp³-hybridized carbons (Fsp3) is 0.500. The summed E-state index contributed by atoms with van der Waals surface area (Å²) in [5, 5.41) is 12.7. The van der Waals surface area contributed by atoms with Gasteiger partial charge in [-0.2, -0.15) is 0 Å². The number of aryl methyl sites for hydroxylation is 2. The van der Waals surface area contributed by atoms with Crippen LogP contribution in [-0.2, 0) is 0 Å². The molecule has 14 heavy (non-hydrogen) atoms. The molecule has 2 unspecified atom stereocenters. The monoisotopic (exact) mass is 193 g/mol. The lowest BCUT2D eigenvalue weighted by atomic mass is 9.96. The Kier molecular flexibility index (Phi) is 3.67. The predicted octanol–water partition coefficient (Wildman–Crippen LogP) is 1.94. The first kappa shape index (κ1) is 11.2. The molecule has 2 atom stereocenters. The van der Waals surface area contributed by atoms with Gasteiger partial charge in [0.15, 0.2) is 0 Å². The van der Waals surface area contributed by atoms with Gasteiger partial charge in [-0.25, -0.2) is 0 Å². The van der Waals surface area contributed by atoms with E-state index in [1.54, 1.807) is 6.92 Å². The zero-order valence-corrected chi connectivity index (χ0v) is 9.33. The van der Waals surface area contributed by atoms with Gasteiger partial charge in [-0.1, -0.05) is 23.8 Å². The molecular weight excluding hydrogens is 174 g/mol. The predicted molar refractivity (Wildman–Crippen MR) is 59.4 cm³/mol. The van der Waals surface area contributed by atoms with Crippen LogP contribution in [0, 0.1) is 13.8 Å². The van der Waals surface area contributed by atoms with Gasteiger partial charge in [0.1, 0.15) is 0 Å². The molecule has 1 aromatic carbocycles. The van der Waals surface area contributed by atoms with Crippen molar-refractivity contribution in [1.82, 2.24) is 5.32 Å². The Morgan fingerprint density at radius 1 is 1.29 bits per heavy atom. The molecule has 1 rings (SSSR count). The molecule has 0 aliphatic carbocycles. The molecule has 0 saturated carbocycles. The van der Waals surface area contributed by atoms with Gasteiger partial charge in [-0.3, -0.25) is 0 Å². The molecule has 2 heteroatoms. The van der Waals surface area contributed by atoms with E-state index in [1.165, 1.54) is 16.7 Å². The third-order valence-corrected chi connectivity index (χ3v) is 2.55. The molecule has 0 spiro atoms. The second kappa shape index (κ2) is 4.58. The maximum atomic E-state index is 9.60. The molecule has 2 N–H and O–H groups in total. The molecule has 0 amide bonds. The molecule has 0 fully saturated rings. The molecule has 1 aromatic rings. The van der Waals surface area contributed by atoms with Crippen molar-refractivity contribution in [3.8, 4) is 0 Å². The van der Waals surface area contributed by atoms with E-state index in [1.807, 2.05) is 7.05 Å². The van der Waals surface area contributed by atoms with E-state index in [2.05, 4.69) is 37.4 Å². The molecule has 0 bridgehead atoms. The fourth-order valence-electron chi connectivity index (χ4n) is 1.83. The van der Waals surface area contributed by atoms with Crippen LogP contribution in [0.5, 0.6) is 0 Å². The summed E-state index contributed by atoms with van der Waals surface area (Å²) >= 11 is 0. The summed E-state index contributed by atoms with van der Waals surface area (Å²) in [6.45, 7) is 5.96. The highest BCUT2D eigenvalue weighted by atomic mass is 16.3. The van der Waals surface area contributed by atoms with Gasteiger partial charge in [-0.05, 0) is 38.9 Å². The van der Waals surface area contributed by atoms with Gasteiger partial charge in [-0.15, -0.1) is 0 Å². The number of nitrogens with one attached hydrogen (secondary N) is 1. The zero-order chi connectivity index (χ0) is 10.7. The van der Waals surface area contributed by atoms with Gasteiger partial charge in [0.2, 0.25) is 0 Å². The summed E-state index contributed by atoms with van der Waals surface area (Å²) in [5.41, 5.74) is 3.66. The van der Waals surface area contributed by atoms with Gasteiger partial charge < -0.3 is 10.4 Å². The molecule has 0 aliphatic heterocycles. The van der Waals surface area contributed by atoms with E-state index in [4.69, 9.17) is 0 Å². The van der Waals surface area contributed by atoms with E-state index in [9.17, 15) is 5.11 Å². The number of aliphatic hydroxyl groups excluding tert-OH is 1. The lowest BCUT2D eigenvalue weighted by Crippen LogP contribution is -2.27. The molecule has 2 nitrogen and oxygen atoms in total. The number of hydrogen-bond donors (Lipinski definition) is 2. The van der Waals surface area contributed by atoms with Crippen LogP contribution in [0.4, 0.5) is 0 Å². The van der Waals surface area contributed by atoms with E-state index in [0.717, 1.165) is 0 Å². The summed E-state index contributed by atoms with van der Waals surface area (Å²) < 4.78 is 0. The Bertz CT molecular complexity index is 307. The molecule has 0 saturated heterocycles. The van der Waals surface area contributed by atoms with Crippen LogP contribution < -0.4 is 5.32 Å². The minimum atomic E-state index is -0.374. The lowest BCUT2D eigenvalue weighted by Gasteiger charge is -2.21. The first-order valence-corrected chi connectivity index (χ1v) is 4.98. The Morgan fingerprint density at radius 2 is 1.93 bits per heavy atom. The Balaban J connectivity index is 3.04. The summed E-state index contributed by atoms with van der Waals surface area (Å²) in [6, 6.07) is 6.32. The maximum Gasteiger partial charge on any atom is 0.0706 e.